The third-order valence-corrected chi connectivity index (χ3v) is 3.98. The number of hydrogen-bond acceptors (Lipinski definition) is 2. The van der Waals surface area contributed by atoms with Gasteiger partial charge in [-0.05, 0) is 69.0 Å². The minimum atomic E-state index is 0. The zero-order valence-corrected chi connectivity index (χ0v) is 12.5. The van der Waals surface area contributed by atoms with E-state index in [1.54, 1.807) is 0 Å². The van der Waals surface area contributed by atoms with Gasteiger partial charge in [-0.2, -0.15) is 0 Å². The van der Waals surface area contributed by atoms with Gasteiger partial charge in [0.05, 0.1) is 0 Å². The van der Waals surface area contributed by atoms with E-state index in [0.29, 0.717) is 6.04 Å². The predicted molar refractivity (Wildman–Crippen MR) is 80.4 cm³/mol. The first-order valence-electron chi connectivity index (χ1n) is 6.61. The molecule has 2 N–H and O–H groups in total. The van der Waals surface area contributed by atoms with E-state index >= 15 is 0 Å². The van der Waals surface area contributed by atoms with Gasteiger partial charge in [0.2, 0.25) is 0 Å². The fourth-order valence-corrected chi connectivity index (χ4v) is 2.54. The summed E-state index contributed by atoms with van der Waals surface area (Å²) >= 11 is 0. The van der Waals surface area contributed by atoms with Crippen LogP contribution in [0.15, 0.2) is 12.1 Å². The number of halogens is 1. The van der Waals surface area contributed by atoms with Crippen LogP contribution in [0.1, 0.15) is 35.1 Å². The molecule has 1 saturated heterocycles. The van der Waals surface area contributed by atoms with E-state index in [2.05, 4.69) is 37.8 Å². The van der Waals surface area contributed by atoms with Crippen LogP contribution in [0.3, 0.4) is 0 Å². The van der Waals surface area contributed by atoms with Gasteiger partial charge >= 0.3 is 0 Å². The molecular weight excluding hydrogens is 244 g/mol. The fourth-order valence-electron chi connectivity index (χ4n) is 2.54. The van der Waals surface area contributed by atoms with Gasteiger partial charge in [-0.15, -0.1) is 12.4 Å². The highest BCUT2D eigenvalue weighted by Crippen LogP contribution is 2.19. The lowest BCUT2D eigenvalue weighted by Crippen LogP contribution is -2.39. The number of likely N-dealkylation sites (tertiary alicyclic amines) is 1. The van der Waals surface area contributed by atoms with Crippen molar-refractivity contribution < 1.29 is 0 Å². The van der Waals surface area contributed by atoms with E-state index in [4.69, 9.17) is 5.73 Å². The maximum Gasteiger partial charge on any atom is 0.0236 e. The third kappa shape index (κ3) is 3.71. The van der Waals surface area contributed by atoms with Crippen LogP contribution in [0.25, 0.3) is 0 Å². The van der Waals surface area contributed by atoms with Gasteiger partial charge < -0.3 is 5.73 Å². The van der Waals surface area contributed by atoms with E-state index < -0.39 is 0 Å². The largest absolute Gasteiger partial charge is 0.328 e. The van der Waals surface area contributed by atoms with E-state index in [-0.39, 0.29) is 12.4 Å². The second kappa shape index (κ2) is 6.55. The monoisotopic (exact) mass is 268 g/mol. The Bertz CT molecular complexity index is 396. The molecule has 0 aromatic heterocycles. The summed E-state index contributed by atoms with van der Waals surface area (Å²) in [4.78, 5) is 2.53. The maximum atomic E-state index is 5.94. The molecule has 0 atom stereocenters. The molecule has 2 rings (SSSR count). The summed E-state index contributed by atoms with van der Waals surface area (Å²) in [6.45, 7) is 9.98. The Morgan fingerprint density at radius 3 is 2.22 bits per heavy atom. The van der Waals surface area contributed by atoms with Crippen LogP contribution in [0.5, 0.6) is 0 Å². The Morgan fingerprint density at radius 2 is 1.61 bits per heavy atom. The van der Waals surface area contributed by atoms with Crippen molar-refractivity contribution in [3.05, 3.63) is 34.4 Å². The summed E-state index contributed by atoms with van der Waals surface area (Å²) in [5.41, 5.74) is 11.6. The van der Waals surface area contributed by atoms with Crippen molar-refractivity contribution in [2.75, 3.05) is 13.1 Å². The Kier molecular flexibility index (Phi) is 5.64. The lowest BCUT2D eigenvalue weighted by atomic mass is 9.99. The third-order valence-electron chi connectivity index (χ3n) is 3.98. The highest BCUT2D eigenvalue weighted by atomic mass is 35.5. The van der Waals surface area contributed by atoms with Crippen LogP contribution in [-0.4, -0.2) is 24.0 Å². The van der Waals surface area contributed by atoms with Crippen molar-refractivity contribution >= 4 is 12.4 Å². The lowest BCUT2D eigenvalue weighted by Gasteiger charge is -2.30. The predicted octanol–water partition coefficient (Wildman–Crippen LogP) is 2.96. The van der Waals surface area contributed by atoms with Gasteiger partial charge in [0.15, 0.2) is 0 Å². The molecule has 102 valence electrons. The van der Waals surface area contributed by atoms with E-state index in [0.717, 1.165) is 32.5 Å². The molecule has 2 nitrogen and oxygen atoms in total. The molecule has 0 aliphatic carbocycles. The van der Waals surface area contributed by atoms with E-state index in [1.807, 2.05) is 0 Å². The Hall–Kier alpha value is -0.570. The molecular formula is C15H25ClN2. The molecule has 1 aromatic rings. The van der Waals surface area contributed by atoms with Gasteiger partial charge in [-0.25, -0.2) is 0 Å². The number of hydrogen-bond donors (Lipinski definition) is 1. The molecule has 1 fully saturated rings. The Morgan fingerprint density at radius 1 is 1.06 bits per heavy atom. The number of nitrogens with two attached hydrogens (primary N) is 1. The maximum absolute atomic E-state index is 5.94. The smallest absolute Gasteiger partial charge is 0.0236 e. The van der Waals surface area contributed by atoms with Gasteiger partial charge in [-0.3, -0.25) is 4.90 Å². The molecule has 0 amide bonds. The molecule has 18 heavy (non-hydrogen) atoms. The van der Waals surface area contributed by atoms with Crippen LogP contribution in [-0.2, 0) is 6.54 Å². The zero-order chi connectivity index (χ0) is 12.4. The average molecular weight is 269 g/mol. The molecule has 0 bridgehead atoms. The van der Waals surface area contributed by atoms with E-state index in [1.165, 1.54) is 22.3 Å². The summed E-state index contributed by atoms with van der Waals surface area (Å²) in [7, 11) is 0. The minimum absolute atomic E-state index is 0. The first-order chi connectivity index (χ1) is 8.06. The van der Waals surface area contributed by atoms with Gasteiger partial charge in [-0.1, -0.05) is 12.1 Å². The lowest BCUT2D eigenvalue weighted by molar-refractivity contribution is 0.205. The van der Waals surface area contributed by atoms with Crippen molar-refractivity contribution in [3.8, 4) is 0 Å². The zero-order valence-electron chi connectivity index (χ0n) is 11.7. The molecule has 3 heteroatoms. The summed E-state index contributed by atoms with van der Waals surface area (Å²) < 4.78 is 0. The molecule has 0 radical (unpaired) electrons. The summed E-state index contributed by atoms with van der Waals surface area (Å²) in [6.07, 6.45) is 2.29. The van der Waals surface area contributed by atoms with Crippen molar-refractivity contribution in [3.63, 3.8) is 0 Å². The van der Waals surface area contributed by atoms with Crippen molar-refractivity contribution in [2.24, 2.45) is 5.73 Å². The van der Waals surface area contributed by atoms with E-state index in [9.17, 15) is 0 Å². The fraction of sp³-hybridized carbons (Fsp3) is 0.600. The number of aryl methyl sites for hydroxylation is 3. The van der Waals surface area contributed by atoms with Crippen molar-refractivity contribution in [1.29, 1.82) is 0 Å². The summed E-state index contributed by atoms with van der Waals surface area (Å²) in [5.74, 6) is 0. The molecule has 1 heterocycles. The van der Waals surface area contributed by atoms with Crippen LogP contribution in [0, 0.1) is 20.8 Å². The van der Waals surface area contributed by atoms with Crippen molar-refractivity contribution in [1.82, 2.24) is 4.90 Å². The van der Waals surface area contributed by atoms with Crippen LogP contribution in [0.2, 0.25) is 0 Å². The number of nitrogens with zero attached hydrogens (tertiary/aromatic N) is 1. The highest BCUT2D eigenvalue weighted by molar-refractivity contribution is 5.85. The molecule has 1 aromatic carbocycles. The molecule has 0 spiro atoms. The normalized spacial score (nSPS) is 17.6. The van der Waals surface area contributed by atoms with Gasteiger partial charge in [0.1, 0.15) is 0 Å². The number of rotatable bonds is 2. The topological polar surface area (TPSA) is 29.3 Å². The molecule has 0 unspecified atom stereocenters. The van der Waals surface area contributed by atoms with Crippen molar-refractivity contribution in [2.45, 2.75) is 46.2 Å². The second-order valence-electron chi connectivity index (χ2n) is 5.48. The number of piperidine rings is 1. The molecule has 0 saturated carbocycles. The quantitative estimate of drug-likeness (QED) is 0.894. The Balaban J connectivity index is 0.00000162. The van der Waals surface area contributed by atoms with Crippen LogP contribution in [0.4, 0.5) is 0 Å². The summed E-state index contributed by atoms with van der Waals surface area (Å²) in [6, 6.07) is 5.08. The van der Waals surface area contributed by atoms with Gasteiger partial charge in [0, 0.05) is 12.6 Å². The second-order valence-corrected chi connectivity index (χ2v) is 5.48. The van der Waals surface area contributed by atoms with Gasteiger partial charge in [0.25, 0.3) is 0 Å². The Labute approximate surface area is 117 Å². The SMILES string of the molecule is Cc1cc(C)c(CN2CCC(N)CC2)cc1C.Cl. The first kappa shape index (κ1) is 15.5. The molecule has 1 aliphatic heterocycles. The first-order valence-corrected chi connectivity index (χ1v) is 6.61. The standard InChI is InChI=1S/C15H24N2.ClH/c1-11-8-13(3)14(9-12(11)2)10-17-6-4-15(16)5-7-17;/h8-9,15H,4-7,10,16H2,1-3H3;1H. The minimum Gasteiger partial charge on any atom is -0.328 e. The molecule has 1 aliphatic rings. The number of benzene rings is 1. The average Bonchev–Trinajstić information content (AvgIpc) is 2.29. The highest BCUT2D eigenvalue weighted by Gasteiger charge is 2.16. The van der Waals surface area contributed by atoms with Crippen LogP contribution >= 0.6 is 12.4 Å². The summed E-state index contributed by atoms with van der Waals surface area (Å²) in [5, 5.41) is 0. The van der Waals surface area contributed by atoms with Crippen LogP contribution < -0.4 is 5.73 Å².